The number of amides is 3. The van der Waals surface area contributed by atoms with Crippen LogP contribution in [0.3, 0.4) is 0 Å². The fraction of sp³-hybridized carbons (Fsp3) is 0.0588. The number of aliphatic carboxylic acids is 1. The molecule has 1 aromatic heterocycles. The van der Waals surface area contributed by atoms with Crippen LogP contribution in [0.2, 0.25) is 0 Å². The van der Waals surface area contributed by atoms with Crippen LogP contribution >= 0.6 is 0 Å². The summed E-state index contributed by atoms with van der Waals surface area (Å²) < 4.78 is 0. The SMILES string of the molecule is O=C(O)Cc1ccc(N2C(=O)NC(=Cc3ccncc3)C2=O)cc1. The Hall–Kier alpha value is -3.48. The molecule has 7 nitrogen and oxygen atoms in total. The number of carbonyl (C=O) groups excluding carboxylic acids is 2. The average Bonchev–Trinajstić information content (AvgIpc) is 2.83. The van der Waals surface area contributed by atoms with Gasteiger partial charge in [0.25, 0.3) is 5.91 Å². The minimum absolute atomic E-state index is 0.117. The highest BCUT2D eigenvalue weighted by molar-refractivity contribution is 6.28. The second-order valence-electron chi connectivity index (χ2n) is 5.15. The van der Waals surface area contributed by atoms with Crippen LogP contribution in [0.4, 0.5) is 10.5 Å². The van der Waals surface area contributed by atoms with E-state index in [0.29, 0.717) is 11.3 Å². The Morgan fingerprint density at radius 1 is 1.12 bits per heavy atom. The van der Waals surface area contributed by atoms with Crippen molar-refractivity contribution in [2.24, 2.45) is 0 Å². The quantitative estimate of drug-likeness (QED) is 0.660. The van der Waals surface area contributed by atoms with Crippen molar-refractivity contribution in [2.75, 3.05) is 4.90 Å². The van der Waals surface area contributed by atoms with E-state index in [1.807, 2.05) is 0 Å². The molecule has 0 unspecified atom stereocenters. The maximum Gasteiger partial charge on any atom is 0.333 e. The molecule has 120 valence electrons. The van der Waals surface area contributed by atoms with Crippen molar-refractivity contribution in [2.45, 2.75) is 6.42 Å². The summed E-state index contributed by atoms with van der Waals surface area (Å²) in [4.78, 5) is 40.1. The number of urea groups is 1. The van der Waals surface area contributed by atoms with E-state index < -0.39 is 17.9 Å². The molecule has 0 saturated carbocycles. The van der Waals surface area contributed by atoms with Crippen LogP contribution in [0, 0.1) is 0 Å². The van der Waals surface area contributed by atoms with E-state index in [4.69, 9.17) is 5.11 Å². The van der Waals surface area contributed by atoms with Gasteiger partial charge in [0, 0.05) is 12.4 Å². The molecule has 0 aliphatic carbocycles. The van der Waals surface area contributed by atoms with Crippen molar-refractivity contribution in [3.8, 4) is 0 Å². The molecule has 2 N–H and O–H groups in total. The molecule has 0 atom stereocenters. The summed E-state index contributed by atoms with van der Waals surface area (Å²) in [6.45, 7) is 0. The van der Waals surface area contributed by atoms with Crippen molar-refractivity contribution >= 4 is 29.7 Å². The molecular formula is C17H13N3O4. The molecule has 3 amide bonds. The number of anilines is 1. The van der Waals surface area contributed by atoms with Gasteiger partial charge in [-0.25, -0.2) is 9.69 Å². The summed E-state index contributed by atoms with van der Waals surface area (Å²) in [6, 6.07) is 9.14. The molecular weight excluding hydrogens is 310 g/mol. The van der Waals surface area contributed by atoms with E-state index in [1.54, 1.807) is 54.9 Å². The third-order valence-electron chi connectivity index (χ3n) is 3.45. The topological polar surface area (TPSA) is 99.6 Å². The predicted molar refractivity (Wildman–Crippen MR) is 86.0 cm³/mol. The summed E-state index contributed by atoms with van der Waals surface area (Å²) in [6.07, 6.45) is 4.63. The number of pyridine rings is 1. The fourth-order valence-electron chi connectivity index (χ4n) is 2.33. The van der Waals surface area contributed by atoms with Gasteiger partial charge in [0.2, 0.25) is 0 Å². The van der Waals surface area contributed by atoms with Crippen LogP contribution in [-0.2, 0) is 16.0 Å². The summed E-state index contributed by atoms with van der Waals surface area (Å²) in [5, 5.41) is 11.3. The summed E-state index contributed by atoms with van der Waals surface area (Å²) in [5.41, 5.74) is 1.88. The molecule has 1 aliphatic rings. The molecule has 0 spiro atoms. The molecule has 1 aliphatic heterocycles. The largest absolute Gasteiger partial charge is 0.481 e. The van der Waals surface area contributed by atoms with Gasteiger partial charge in [-0.15, -0.1) is 0 Å². The molecule has 3 rings (SSSR count). The van der Waals surface area contributed by atoms with Gasteiger partial charge in [-0.05, 0) is 41.5 Å². The van der Waals surface area contributed by atoms with Gasteiger partial charge in [-0.2, -0.15) is 0 Å². The van der Waals surface area contributed by atoms with Crippen LogP contribution in [0.15, 0.2) is 54.5 Å². The minimum Gasteiger partial charge on any atom is -0.481 e. The highest BCUT2D eigenvalue weighted by atomic mass is 16.4. The fourth-order valence-corrected chi connectivity index (χ4v) is 2.33. The van der Waals surface area contributed by atoms with Crippen molar-refractivity contribution in [3.63, 3.8) is 0 Å². The third kappa shape index (κ3) is 3.14. The second-order valence-corrected chi connectivity index (χ2v) is 5.15. The normalized spacial score (nSPS) is 15.7. The Labute approximate surface area is 137 Å². The van der Waals surface area contributed by atoms with Gasteiger partial charge in [0.1, 0.15) is 5.70 Å². The zero-order chi connectivity index (χ0) is 17.1. The molecule has 1 fully saturated rings. The lowest BCUT2D eigenvalue weighted by atomic mass is 10.1. The second kappa shape index (κ2) is 6.33. The molecule has 2 aromatic rings. The van der Waals surface area contributed by atoms with Gasteiger partial charge >= 0.3 is 12.0 Å². The maximum absolute atomic E-state index is 12.4. The number of nitrogens with zero attached hydrogens (tertiary/aromatic N) is 2. The number of carboxylic acid groups (broad SMARTS) is 1. The summed E-state index contributed by atoms with van der Waals surface area (Å²) in [7, 11) is 0. The van der Waals surface area contributed by atoms with Crippen LogP contribution in [-0.4, -0.2) is 28.0 Å². The summed E-state index contributed by atoms with van der Waals surface area (Å²) >= 11 is 0. The van der Waals surface area contributed by atoms with E-state index in [0.717, 1.165) is 10.5 Å². The molecule has 7 heteroatoms. The number of hydrogen-bond acceptors (Lipinski definition) is 4. The third-order valence-corrected chi connectivity index (χ3v) is 3.45. The maximum atomic E-state index is 12.4. The van der Waals surface area contributed by atoms with E-state index >= 15 is 0 Å². The van der Waals surface area contributed by atoms with E-state index in [9.17, 15) is 14.4 Å². The van der Waals surface area contributed by atoms with E-state index in [2.05, 4.69) is 10.3 Å². The van der Waals surface area contributed by atoms with Gasteiger partial charge < -0.3 is 10.4 Å². The lowest BCUT2D eigenvalue weighted by Crippen LogP contribution is -2.30. The molecule has 2 heterocycles. The molecule has 0 radical (unpaired) electrons. The van der Waals surface area contributed by atoms with Crippen molar-refractivity contribution in [3.05, 3.63) is 65.6 Å². The Kier molecular flexibility index (Phi) is 4.07. The van der Waals surface area contributed by atoms with Gasteiger partial charge in [0.15, 0.2) is 0 Å². The van der Waals surface area contributed by atoms with E-state index in [-0.39, 0.29) is 12.1 Å². The van der Waals surface area contributed by atoms with Crippen molar-refractivity contribution in [1.29, 1.82) is 0 Å². The number of imide groups is 1. The number of carbonyl (C=O) groups is 3. The molecule has 0 bridgehead atoms. The van der Waals surface area contributed by atoms with Gasteiger partial charge in [-0.3, -0.25) is 14.6 Å². The predicted octanol–water partition coefficient (Wildman–Crippen LogP) is 1.81. The Morgan fingerprint density at radius 2 is 1.79 bits per heavy atom. The first-order valence-electron chi connectivity index (χ1n) is 7.12. The van der Waals surface area contributed by atoms with Crippen LogP contribution in [0.25, 0.3) is 6.08 Å². The highest BCUT2D eigenvalue weighted by Crippen LogP contribution is 2.22. The van der Waals surface area contributed by atoms with Crippen LogP contribution in [0.5, 0.6) is 0 Å². The first kappa shape index (κ1) is 15.4. The Morgan fingerprint density at radius 3 is 2.42 bits per heavy atom. The van der Waals surface area contributed by atoms with Gasteiger partial charge in [0.05, 0.1) is 12.1 Å². The van der Waals surface area contributed by atoms with Gasteiger partial charge in [-0.1, -0.05) is 12.1 Å². The van der Waals surface area contributed by atoms with Crippen LogP contribution in [0.1, 0.15) is 11.1 Å². The molecule has 1 saturated heterocycles. The number of rotatable bonds is 4. The lowest BCUT2D eigenvalue weighted by molar-refractivity contribution is -0.136. The summed E-state index contributed by atoms with van der Waals surface area (Å²) in [5.74, 6) is -1.41. The Balaban J connectivity index is 1.84. The number of aromatic nitrogens is 1. The van der Waals surface area contributed by atoms with Crippen molar-refractivity contribution in [1.82, 2.24) is 10.3 Å². The minimum atomic E-state index is -0.944. The lowest BCUT2D eigenvalue weighted by Gasteiger charge is -2.12. The van der Waals surface area contributed by atoms with Crippen LogP contribution < -0.4 is 10.2 Å². The average molecular weight is 323 g/mol. The molecule has 24 heavy (non-hydrogen) atoms. The zero-order valence-electron chi connectivity index (χ0n) is 12.5. The van der Waals surface area contributed by atoms with E-state index in [1.165, 1.54) is 0 Å². The number of hydrogen-bond donors (Lipinski definition) is 2. The Bertz CT molecular complexity index is 829. The molecule has 1 aromatic carbocycles. The number of carboxylic acids is 1. The first-order chi connectivity index (χ1) is 11.5. The zero-order valence-corrected chi connectivity index (χ0v) is 12.5. The monoisotopic (exact) mass is 323 g/mol. The highest BCUT2D eigenvalue weighted by Gasteiger charge is 2.34. The number of nitrogens with one attached hydrogen (secondary N) is 1. The number of benzene rings is 1. The first-order valence-corrected chi connectivity index (χ1v) is 7.12. The smallest absolute Gasteiger partial charge is 0.333 e. The van der Waals surface area contributed by atoms with Crippen molar-refractivity contribution < 1.29 is 19.5 Å². The standard InChI is InChI=1S/C17H13N3O4/c21-15(22)10-11-1-3-13(4-2-11)20-16(23)14(19-17(20)24)9-12-5-7-18-8-6-12/h1-9H,10H2,(H,19,24)(H,21,22).